The lowest BCUT2D eigenvalue weighted by Crippen LogP contribution is -2.28. The van der Waals surface area contributed by atoms with Crippen LogP contribution in [0.25, 0.3) is 0 Å². The summed E-state index contributed by atoms with van der Waals surface area (Å²) in [5.41, 5.74) is 4.54. The van der Waals surface area contributed by atoms with E-state index in [9.17, 15) is 4.79 Å². The Morgan fingerprint density at radius 1 is 1.25 bits per heavy atom. The van der Waals surface area contributed by atoms with Crippen LogP contribution in [0, 0.1) is 20.8 Å². The fourth-order valence-electron chi connectivity index (χ4n) is 2.34. The normalized spacial score (nSPS) is 12.2. The second-order valence-corrected chi connectivity index (χ2v) is 5.15. The molecule has 0 aliphatic rings. The van der Waals surface area contributed by atoms with Crippen molar-refractivity contribution in [3.05, 3.63) is 52.3 Å². The molecule has 0 saturated heterocycles. The summed E-state index contributed by atoms with van der Waals surface area (Å²) in [7, 11) is 0. The average Bonchev–Trinajstić information content (AvgIpc) is 2.76. The first-order valence-corrected chi connectivity index (χ1v) is 6.92. The number of aromatic nitrogens is 2. The average molecular weight is 271 g/mol. The van der Waals surface area contributed by atoms with Gasteiger partial charge in [0.05, 0.1) is 17.3 Å². The number of hydrogen-bond donors (Lipinski definition) is 2. The number of hydrogen-bond acceptors (Lipinski definition) is 2. The minimum Gasteiger partial charge on any atom is -0.345 e. The lowest BCUT2D eigenvalue weighted by atomic mass is 10.0. The number of rotatable bonds is 4. The molecule has 2 aromatic rings. The zero-order valence-electron chi connectivity index (χ0n) is 12.4. The highest BCUT2D eigenvalue weighted by Crippen LogP contribution is 2.19. The Kier molecular flexibility index (Phi) is 4.23. The molecule has 0 aliphatic heterocycles. The van der Waals surface area contributed by atoms with Crippen LogP contribution >= 0.6 is 0 Å². The molecule has 0 saturated carbocycles. The summed E-state index contributed by atoms with van der Waals surface area (Å²) in [6.45, 7) is 7.83. The summed E-state index contributed by atoms with van der Waals surface area (Å²) in [4.78, 5) is 12.4. The van der Waals surface area contributed by atoms with Gasteiger partial charge in [-0.1, -0.05) is 36.8 Å². The molecule has 1 aromatic carbocycles. The molecule has 4 heteroatoms. The molecule has 106 valence electrons. The maximum Gasteiger partial charge on any atom is 0.255 e. The molecule has 1 unspecified atom stereocenters. The van der Waals surface area contributed by atoms with E-state index in [2.05, 4.69) is 53.6 Å². The van der Waals surface area contributed by atoms with E-state index >= 15 is 0 Å². The second-order valence-electron chi connectivity index (χ2n) is 5.15. The summed E-state index contributed by atoms with van der Waals surface area (Å²) in [6, 6.07) is 8.30. The Morgan fingerprint density at radius 3 is 2.40 bits per heavy atom. The molecule has 1 heterocycles. The molecule has 2 N–H and O–H groups in total. The molecular weight excluding hydrogens is 250 g/mol. The third-order valence-corrected chi connectivity index (χ3v) is 3.55. The van der Waals surface area contributed by atoms with Crippen LogP contribution in [-0.4, -0.2) is 16.1 Å². The molecule has 2 rings (SSSR count). The number of H-pyrrole nitrogens is 1. The van der Waals surface area contributed by atoms with Gasteiger partial charge in [0.2, 0.25) is 0 Å². The van der Waals surface area contributed by atoms with Gasteiger partial charge in [-0.3, -0.25) is 9.89 Å². The van der Waals surface area contributed by atoms with E-state index in [0.29, 0.717) is 5.56 Å². The minimum absolute atomic E-state index is 0.0248. The van der Waals surface area contributed by atoms with Crippen molar-refractivity contribution in [1.29, 1.82) is 0 Å². The van der Waals surface area contributed by atoms with Gasteiger partial charge in [-0.25, -0.2) is 0 Å². The van der Waals surface area contributed by atoms with Crippen LogP contribution in [0.15, 0.2) is 24.3 Å². The van der Waals surface area contributed by atoms with Crippen LogP contribution < -0.4 is 5.32 Å². The highest BCUT2D eigenvalue weighted by Gasteiger charge is 2.19. The Bertz CT molecular complexity index is 579. The summed E-state index contributed by atoms with van der Waals surface area (Å²) < 4.78 is 0. The van der Waals surface area contributed by atoms with E-state index in [0.717, 1.165) is 23.4 Å². The van der Waals surface area contributed by atoms with E-state index in [4.69, 9.17) is 0 Å². The van der Waals surface area contributed by atoms with Crippen LogP contribution in [0.2, 0.25) is 0 Å². The van der Waals surface area contributed by atoms with Crippen LogP contribution in [-0.2, 0) is 0 Å². The molecule has 0 spiro atoms. The van der Waals surface area contributed by atoms with E-state index in [1.54, 1.807) is 0 Å². The van der Waals surface area contributed by atoms with Gasteiger partial charge < -0.3 is 5.32 Å². The molecule has 0 radical (unpaired) electrons. The monoisotopic (exact) mass is 271 g/mol. The molecule has 0 bridgehead atoms. The number of nitrogens with zero attached hydrogens (tertiary/aromatic N) is 1. The second kappa shape index (κ2) is 5.90. The Balaban J connectivity index is 2.18. The van der Waals surface area contributed by atoms with Crippen molar-refractivity contribution < 1.29 is 4.79 Å². The first kappa shape index (κ1) is 14.3. The number of carbonyl (C=O) groups is 1. The molecule has 1 aromatic heterocycles. The number of benzene rings is 1. The maximum absolute atomic E-state index is 12.4. The van der Waals surface area contributed by atoms with Crippen molar-refractivity contribution in [2.45, 2.75) is 40.2 Å². The van der Waals surface area contributed by atoms with E-state index in [-0.39, 0.29) is 11.9 Å². The van der Waals surface area contributed by atoms with E-state index in [1.165, 1.54) is 5.56 Å². The molecule has 1 atom stereocenters. The largest absolute Gasteiger partial charge is 0.345 e. The SMILES string of the molecule is CCC(NC(=O)c1c(C)n[nH]c1C)c1ccc(C)cc1. The van der Waals surface area contributed by atoms with Gasteiger partial charge >= 0.3 is 0 Å². The molecule has 1 amide bonds. The fraction of sp³-hybridized carbons (Fsp3) is 0.375. The Morgan fingerprint density at radius 2 is 1.90 bits per heavy atom. The van der Waals surface area contributed by atoms with Crippen molar-refractivity contribution in [2.24, 2.45) is 0 Å². The summed E-state index contributed by atoms with van der Waals surface area (Å²) in [5.74, 6) is -0.0684. The maximum atomic E-state index is 12.4. The van der Waals surface area contributed by atoms with Gasteiger partial charge in [-0.15, -0.1) is 0 Å². The van der Waals surface area contributed by atoms with Crippen molar-refractivity contribution in [1.82, 2.24) is 15.5 Å². The van der Waals surface area contributed by atoms with Crippen LogP contribution in [0.4, 0.5) is 0 Å². The van der Waals surface area contributed by atoms with Gasteiger partial charge in [0.1, 0.15) is 0 Å². The lowest BCUT2D eigenvalue weighted by molar-refractivity contribution is 0.0934. The summed E-state index contributed by atoms with van der Waals surface area (Å²) in [5, 5.41) is 10.0. The third-order valence-electron chi connectivity index (χ3n) is 3.55. The number of aromatic amines is 1. The van der Waals surface area contributed by atoms with Crippen LogP contribution in [0.5, 0.6) is 0 Å². The lowest BCUT2D eigenvalue weighted by Gasteiger charge is -2.18. The quantitative estimate of drug-likeness (QED) is 0.897. The minimum atomic E-state index is -0.0684. The third kappa shape index (κ3) is 2.90. The molecule has 0 fully saturated rings. The van der Waals surface area contributed by atoms with Gasteiger partial charge in [0, 0.05) is 5.69 Å². The Labute approximate surface area is 119 Å². The number of amides is 1. The van der Waals surface area contributed by atoms with Gasteiger partial charge in [-0.05, 0) is 32.8 Å². The summed E-state index contributed by atoms with van der Waals surface area (Å²) >= 11 is 0. The molecule has 4 nitrogen and oxygen atoms in total. The summed E-state index contributed by atoms with van der Waals surface area (Å²) in [6.07, 6.45) is 0.852. The van der Waals surface area contributed by atoms with Gasteiger partial charge in [0.15, 0.2) is 0 Å². The molecule has 0 aliphatic carbocycles. The Hall–Kier alpha value is -2.10. The predicted octanol–water partition coefficient (Wildman–Crippen LogP) is 3.22. The fourth-order valence-corrected chi connectivity index (χ4v) is 2.34. The molecular formula is C16H21N3O. The van der Waals surface area contributed by atoms with Crippen LogP contribution in [0.1, 0.15) is 52.3 Å². The van der Waals surface area contributed by atoms with Crippen LogP contribution in [0.3, 0.4) is 0 Å². The number of aryl methyl sites for hydroxylation is 3. The van der Waals surface area contributed by atoms with E-state index < -0.39 is 0 Å². The van der Waals surface area contributed by atoms with Gasteiger partial charge in [-0.2, -0.15) is 5.10 Å². The zero-order chi connectivity index (χ0) is 14.7. The van der Waals surface area contributed by atoms with Crippen molar-refractivity contribution in [2.75, 3.05) is 0 Å². The van der Waals surface area contributed by atoms with Gasteiger partial charge in [0.25, 0.3) is 5.91 Å². The topological polar surface area (TPSA) is 57.8 Å². The number of carbonyl (C=O) groups excluding carboxylic acids is 1. The van der Waals surface area contributed by atoms with Crippen molar-refractivity contribution in [3.8, 4) is 0 Å². The zero-order valence-corrected chi connectivity index (χ0v) is 12.4. The standard InChI is InChI=1S/C16H21N3O/c1-5-14(13-8-6-10(2)7-9-13)17-16(20)15-11(3)18-19-12(15)4/h6-9,14H,5H2,1-4H3,(H,17,20)(H,18,19). The predicted molar refractivity (Wildman–Crippen MR) is 79.7 cm³/mol. The highest BCUT2D eigenvalue weighted by molar-refractivity contribution is 5.96. The highest BCUT2D eigenvalue weighted by atomic mass is 16.1. The smallest absolute Gasteiger partial charge is 0.255 e. The number of nitrogens with one attached hydrogen (secondary N) is 2. The van der Waals surface area contributed by atoms with E-state index in [1.807, 2.05) is 13.8 Å². The first-order valence-electron chi connectivity index (χ1n) is 6.92. The molecule has 20 heavy (non-hydrogen) atoms. The van der Waals surface area contributed by atoms with Crippen molar-refractivity contribution in [3.63, 3.8) is 0 Å². The first-order chi connectivity index (χ1) is 9.52. The van der Waals surface area contributed by atoms with Crippen molar-refractivity contribution >= 4 is 5.91 Å².